The fourth-order valence-corrected chi connectivity index (χ4v) is 2.62. The number of carbonyl (C=O) groups excluding carboxylic acids is 1. The van der Waals surface area contributed by atoms with E-state index in [1.54, 1.807) is 6.92 Å². The SMILES string of the molecule is CCOC(=O)C(N)CCN1c2ccccc2CC1C. The summed E-state index contributed by atoms with van der Waals surface area (Å²) in [6.07, 6.45) is 1.68. The van der Waals surface area contributed by atoms with Crippen LogP contribution in [0, 0.1) is 0 Å². The highest BCUT2D eigenvalue weighted by Gasteiger charge is 2.26. The molecule has 0 radical (unpaired) electrons. The second-order valence-corrected chi connectivity index (χ2v) is 5.02. The number of nitrogens with two attached hydrogens (primary N) is 1. The molecule has 0 saturated heterocycles. The predicted molar refractivity (Wildman–Crippen MR) is 76.2 cm³/mol. The maximum absolute atomic E-state index is 11.5. The minimum atomic E-state index is -0.528. The standard InChI is InChI=1S/C15H22N2O2/c1-3-19-15(18)13(16)8-9-17-11(2)10-12-6-4-5-7-14(12)17/h4-7,11,13H,3,8-10,16H2,1-2H3. The highest BCUT2D eigenvalue weighted by Crippen LogP contribution is 2.31. The topological polar surface area (TPSA) is 55.6 Å². The fraction of sp³-hybridized carbons (Fsp3) is 0.533. The zero-order valence-corrected chi connectivity index (χ0v) is 11.6. The Bertz CT molecular complexity index is 448. The van der Waals surface area contributed by atoms with Crippen LogP contribution in [0.3, 0.4) is 0 Å². The van der Waals surface area contributed by atoms with Gasteiger partial charge in [0.1, 0.15) is 6.04 Å². The molecule has 0 aliphatic carbocycles. The third-order valence-corrected chi connectivity index (χ3v) is 3.62. The molecule has 1 aliphatic rings. The zero-order valence-electron chi connectivity index (χ0n) is 11.6. The van der Waals surface area contributed by atoms with Crippen LogP contribution in [0.1, 0.15) is 25.8 Å². The van der Waals surface area contributed by atoms with Crippen LogP contribution in [0.4, 0.5) is 5.69 Å². The van der Waals surface area contributed by atoms with Crippen molar-refractivity contribution in [1.82, 2.24) is 0 Å². The first-order valence-electron chi connectivity index (χ1n) is 6.90. The number of rotatable bonds is 5. The van der Waals surface area contributed by atoms with Gasteiger partial charge in [-0.1, -0.05) is 18.2 Å². The molecule has 0 fully saturated rings. The number of ether oxygens (including phenoxy) is 1. The Morgan fingerprint density at radius 2 is 2.26 bits per heavy atom. The summed E-state index contributed by atoms with van der Waals surface area (Å²) >= 11 is 0. The lowest BCUT2D eigenvalue weighted by Gasteiger charge is -2.26. The van der Waals surface area contributed by atoms with Crippen molar-refractivity contribution in [3.05, 3.63) is 29.8 Å². The molecule has 0 spiro atoms. The summed E-state index contributed by atoms with van der Waals surface area (Å²) in [6, 6.07) is 8.35. The maximum atomic E-state index is 11.5. The summed E-state index contributed by atoms with van der Waals surface area (Å²) < 4.78 is 4.93. The molecule has 4 heteroatoms. The van der Waals surface area contributed by atoms with Crippen LogP contribution in [0.2, 0.25) is 0 Å². The van der Waals surface area contributed by atoms with E-state index in [4.69, 9.17) is 10.5 Å². The Balaban J connectivity index is 1.95. The lowest BCUT2D eigenvalue weighted by Crippen LogP contribution is -2.38. The molecule has 1 aromatic carbocycles. The second kappa shape index (κ2) is 6.06. The van der Waals surface area contributed by atoms with E-state index in [1.165, 1.54) is 11.3 Å². The normalized spacial score (nSPS) is 19.1. The van der Waals surface area contributed by atoms with Crippen molar-refractivity contribution in [2.45, 2.75) is 38.8 Å². The van der Waals surface area contributed by atoms with E-state index < -0.39 is 6.04 Å². The van der Waals surface area contributed by atoms with Crippen LogP contribution in [-0.4, -0.2) is 31.2 Å². The molecule has 2 rings (SSSR count). The molecule has 1 heterocycles. The van der Waals surface area contributed by atoms with Gasteiger partial charge in [0.15, 0.2) is 0 Å². The molecule has 19 heavy (non-hydrogen) atoms. The minimum Gasteiger partial charge on any atom is -0.465 e. The monoisotopic (exact) mass is 262 g/mol. The third kappa shape index (κ3) is 3.07. The number of hydrogen-bond acceptors (Lipinski definition) is 4. The number of anilines is 1. The highest BCUT2D eigenvalue weighted by molar-refractivity contribution is 5.75. The largest absolute Gasteiger partial charge is 0.465 e. The van der Waals surface area contributed by atoms with Crippen molar-refractivity contribution < 1.29 is 9.53 Å². The third-order valence-electron chi connectivity index (χ3n) is 3.62. The Hall–Kier alpha value is -1.55. The number of nitrogens with zero attached hydrogens (tertiary/aromatic N) is 1. The van der Waals surface area contributed by atoms with Crippen LogP contribution >= 0.6 is 0 Å². The van der Waals surface area contributed by atoms with Crippen molar-refractivity contribution in [2.75, 3.05) is 18.1 Å². The number of fused-ring (bicyclic) bond motifs is 1. The van der Waals surface area contributed by atoms with E-state index in [0.717, 1.165) is 13.0 Å². The smallest absolute Gasteiger partial charge is 0.322 e. The van der Waals surface area contributed by atoms with Crippen molar-refractivity contribution in [1.29, 1.82) is 0 Å². The van der Waals surface area contributed by atoms with Gasteiger partial charge in [-0.2, -0.15) is 0 Å². The molecule has 4 nitrogen and oxygen atoms in total. The van der Waals surface area contributed by atoms with Gasteiger partial charge in [-0.15, -0.1) is 0 Å². The Kier molecular flexibility index (Phi) is 4.43. The molecule has 2 atom stereocenters. The molecule has 0 bridgehead atoms. The molecule has 0 saturated carbocycles. The number of benzene rings is 1. The van der Waals surface area contributed by atoms with Gasteiger partial charge in [0.05, 0.1) is 6.61 Å². The Labute approximate surface area is 114 Å². The molecule has 0 aromatic heterocycles. The first-order chi connectivity index (χ1) is 9.13. The molecule has 2 N–H and O–H groups in total. The van der Waals surface area contributed by atoms with Gasteiger partial charge in [0.2, 0.25) is 0 Å². The van der Waals surface area contributed by atoms with Crippen LogP contribution in [-0.2, 0) is 16.0 Å². The summed E-state index contributed by atoms with van der Waals surface area (Å²) in [5.74, 6) is -0.303. The van der Waals surface area contributed by atoms with Gasteiger partial charge in [0, 0.05) is 18.3 Å². The lowest BCUT2D eigenvalue weighted by atomic mass is 10.1. The van der Waals surface area contributed by atoms with E-state index in [2.05, 4.69) is 36.1 Å². The second-order valence-electron chi connectivity index (χ2n) is 5.02. The van der Waals surface area contributed by atoms with E-state index in [9.17, 15) is 4.79 Å². The fourth-order valence-electron chi connectivity index (χ4n) is 2.62. The number of para-hydroxylation sites is 1. The maximum Gasteiger partial charge on any atom is 0.322 e. The van der Waals surface area contributed by atoms with Gasteiger partial charge in [-0.3, -0.25) is 4.79 Å². The summed E-state index contributed by atoms with van der Waals surface area (Å²) in [5, 5.41) is 0. The molecule has 104 valence electrons. The molecular weight excluding hydrogens is 240 g/mol. The quantitative estimate of drug-likeness (QED) is 0.821. The molecule has 1 aliphatic heterocycles. The minimum absolute atomic E-state index is 0.303. The molecule has 1 aromatic rings. The van der Waals surface area contributed by atoms with Gasteiger partial charge in [-0.05, 0) is 38.3 Å². The van der Waals surface area contributed by atoms with Crippen molar-refractivity contribution in [2.24, 2.45) is 5.73 Å². The average molecular weight is 262 g/mol. The summed E-state index contributed by atoms with van der Waals surface area (Å²) in [6.45, 7) is 5.17. The number of esters is 1. The Morgan fingerprint density at radius 3 is 3.00 bits per heavy atom. The first kappa shape index (κ1) is 13.9. The molecular formula is C15H22N2O2. The number of hydrogen-bond donors (Lipinski definition) is 1. The first-order valence-corrected chi connectivity index (χ1v) is 6.90. The van der Waals surface area contributed by atoms with Gasteiger partial charge >= 0.3 is 5.97 Å². The van der Waals surface area contributed by atoms with Crippen molar-refractivity contribution in [3.8, 4) is 0 Å². The predicted octanol–water partition coefficient (Wildman–Crippen LogP) is 1.72. The average Bonchev–Trinajstić information content (AvgIpc) is 2.72. The molecule has 0 amide bonds. The van der Waals surface area contributed by atoms with E-state index in [0.29, 0.717) is 19.1 Å². The van der Waals surface area contributed by atoms with E-state index in [-0.39, 0.29) is 5.97 Å². The van der Waals surface area contributed by atoms with Crippen LogP contribution in [0.5, 0.6) is 0 Å². The summed E-state index contributed by atoms with van der Waals surface area (Å²) in [7, 11) is 0. The van der Waals surface area contributed by atoms with Crippen LogP contribution < -0.4 is 10.6 Å². The number of carbonyl (C=O) groups is 1. The van der Waals surface area contributed by atoms with Crippen LogP contribution in [0.15, 0.2) is 24.3 Å². The highest BCUT2D eigenvalue weighted by atomic mass is 16.5. The van der Waals surface area contributed by atoms with Crippen molar-refractivity contribution in [3.63, 3.8) is 0 Å². The Morgan fingerprint density at radius 1 is 1.53 bits per heavy atom. The van der Waals surface area contributed by atoms with Gasteiger partial charge in [0.25, 0.3) is 0 Å². The van der Waals surface area contributed by atoms with E-state index in [1.807, 2.05) is 0 Å². The summed E-state index contributed by atoms with van der Waals surface area (Å²) in [4.78, 5) is 13.8. The lowest BCUT2D eigenvalue weighted by molar-refractivity contribution is -0.144. The van der Waals surface area contributed by atoms with E-state index >= 15 is 0 Å². The van der Waals surface area contributed by atoms with Gasteiger partial charge < -0.3 is 15.4 Å². The zero-order chi connectivity index (χ0) is 13.8. The van der Waals surface area contributed by atoms with Gasteiger partial charge in [-0.25, -0.2) is 0 Å². The molecule has 2 unspecified atom stereocenters. The summed E-state index contributed by atoms with van der Waals surface area (Å²) in [5.41, 5.74) is 8.49. The van der Waals surface area contributed by atoms with Crippen molar-refractivity contribution >= 4 is 11.7 Å². The van der Waals surface area contributed by atoms with Crippen LogP contribution in [0.25, 0.3) is 0 Å².